The fourth-order valence-electron chi connectivity index (χ4n) is 3.78. The summed E-state index contributed by atoms with van der Waals surface area (Å²) < 4.78 is 6.02. The highest BCUT2D eigenvalue weighted by Crippen LogP contribution is 2.28. The van der Waals surface area contributed by atoms with Crippen LogP contribution in [0.2, 0.25) is 0 Å². The Bertz CT molecular complexity index is 908. The molecule has 1 aliphatic heterocycles. The number of ether oxygens (including phenoxy) is 1. The number of fused-ring (bicyclic) bond motifs is 1. The van der Waals surface area contributed by atoms with E-state index in [1.165, 1.54) is 5.56 Å². The van der Waals surface area contributed by atoms with Gasteiger partial charge >= 0.3 is 0 Å². The van der Waals surface area contributed by atoms with Crippen molar-refractivity contribution < 1.29 is 9.84 Å². The minimum Gasteiger partial charge on any atom is -0.493 e. The zero-order valence-corrected chi connectivity index (χ0v) is 15.8. The molecule has 1 N–H and O–H groups in total. The maximum atomic E-state index is 9.86. The maximum absolute atomic E-state index is 9.86. The second kappa shape index (κ2) is 7.97. The molecule has 0 amide bonds. The van der Waals surface area contributed by atoms with Crippen LogP contribution in [0.1, 0.15) is 24.0 Å². The number of nitrogens with zero attached hydrogens (tertiary/aromatic N) is 2. The van der Waals surface area contributed by atoms with Gasteiger partial charge in [0.25, 0.3) is 0 Å². The average Bonchev–Trinajstić information content (AvgIpc) is 2.72. The first-order valence-corrected chi connectivity index (χ1v) is 9.67. The molecule has 4 rings (SSSR count). The number of aliphatic hydroxyl groups excluding tert-OH is 1. The van der Waals surface area contributed by atoms with E-state index in [0.717, 1.165) is 54.0 Å². The Morgan fingerprint density at radius 2 is 1.96 bits per heavy atom. The van der Waals surface area contributed by atoms with Gasteiger partial charge in [-0.05, 0) is 44.0 Å². The standard InChI is InChI=1S/C23H26N2O2/c1-17-8-10-21(11-9-17)27-16-18-5-4-12-25(14-18)23-20(15-26)13-19-6-2-3-7-22(19)24-23/h2-3,6-11,13,18,26H,4-5,12,14-16H2,1H3. The summed E-state index contributed by atoms with van der Waals surface area (Å²) in [5.41, 5.74) is 3.11. The van der Waals surface area contributed by atoms with E-state index in [-0.39, 0.29) is 6.61 Å². The van der Waals surface area contributed by atoms with Gasteiger partial charge in [0.2, 0.25) is 0 Å². The molecule has 2 aromatic carbocycles. The molecule has 0 radical (unpaired) electrons. The lowest BCUT2D eigenvalue weighted by molar-refractivity contribution is 0.228. The third-order valence-electron chi connectivity index (χ3n) is 5.28. The lowest BCUT2D eigenvalue weighted by Gasteiger charge is -2.34. The van der Waals surface area contributed by atoms with E-state index < -0.39 is 0 Å². The van der Waals surface area contributed by atoms with Crippen LogP contribution >= 0.6 is 0 Å². The number of aromatic nitrogens is 1. The summed E-state index contributed by atoms with van der Waals surface area (Å²) in [4.78, 5) is 7.17. The Labute approximate surface area is 160 Å². The van der Waals surface area contributed by atoms with E-state index in [1.54, 1.807) is 0 Å². The number of anilines is 1. The molecule has 1 atom stereocenters. The van der Waals surface area contributed by atoms with E-state index in [4.69, 9.17) is 9.72 Å². The van der Waals surface area contributed by atoms with Crippen molar-refractivity contribution in [1.82, 2.24) is 4.98 Å². The van der Waals surface area contributed by atoms with E-state index in [2.05, 4.69) is 30.0 Å². The number of benzene rings is 2. The van der Waals surface area contributed by atoms with Crippen LogP contribution in [-0.2, 0) is 6.61 Å². The molecule has 3 aromatic rings. The molecule has 4 nitrogen and oxygen atoms in total. The zero-order chi connectivity index (χ0) is 18.6. The Hall–Kier alpha value is -2.59. The first-order chi connectivity index (χ1) is 13.2. The summed E-state index contributed by atoms with van der Waals surface area (Å²) in [6.45, 7) is 4.68. The molecule has 0 saturated carbocycles. The second-order valence-electron chi connectivity index (χ2n) is 7.40. The van der Waals surface area contributed by atoms with Gasteiger partial charge in [-0.2, -0.15) is 0 Å². The monoisotopic (exact) mass is 362 g/mol. The molecule has 1 aromatic heterocycles. The van der Waals surface area contributed by atoms with Crippen molar-refractivity contribution in [3.8, 4) is 5.75 Å². The van der Waals surface area contributed by atoms with Gasteiger partial charge in [0.15, 0.2) is 0 Å². The number of rotatable bonds is 5. The Morgan fingerprint density at radius 3 is 2.78 bits per heavy atom. The fourth-order valence-corrected chi connectivity index (χ4v) is 3.78. The molecule has 0 bridgehead atoms. The molecular formula is C23H26N2O2. The van der Waals surface area contributed by atoms with E-state index in [1.807, 2.05) is 36.4 Å². The van der Waals surface area contributed by atoms with Gasteiger partial charge in [-0.1, -0.05) is 35.9 Å². The number of hydrogen-bond acceptors (Lipinski definition) is 4. The van der Waals surface area contributed by atoms with Crippen molar-refractivity contribution >= 4 is 16.7 Å². The highest BCUT2D eigenvalue weighted by atomic mass is 16.5. The first-order valence-electron chi connectivity index (χ1n) is 9.67. The number of aliphatic hydroxyl groups is 1. The zero-order valence-electron chi connectivity index (χ0n) is 15.8. The fraction of sp³-hybridized carbons (Fsp3) is 0.348. The van der Waals surface area contributed by atoms with Crippen molar-refractivity contribution in [2.75, 3.05) is 24.6 Å². The van der Waals surface area contributed by atoms with Crippen LogP contribution in [0.15, 0.2) is 54.6 Å². The SMILES string of the molecule is Cc1ccc(OCC2CCCN(c3nc4ccccc4cc3CO)C2)cc1. The van der Waals surface area contributed by atoms with Gasteiger partial charge in [0, 0.05) is 30.0 Å². The van der Waals surface area contributed by atoms with E-state index >= 15 is 0 Å². The Morgan fingerprint density at radius 1 is 1.15 bits per heavy atom. The molecule has 2 heterocycles. The Kier molecular flexibility index (Phi) is 5.26. The smallest absolute Gasteiger partial charge is 0.134 e. The van der Waals surface area contributed by atoms with Crippen molar-refractivity contribution in [2.24, 2.45) is 5.92 Å². The molecule has 1 saturated heterocycles. The average molecular weight is 362 g/mol. The van der Waals surface area contributed by atoms with Gasteiger partial charge in [0.05, 0.1) is 18.7 Å². The molecule has 140 valence electrons. The summed E-state index contributed by atoms with van der Waals surface area (Å²) in [5, 5.41) is 10.9. The lowest BCUT2D eigenvalue weighted by atomic mass is 9.98. The summed E-state index contributed by atoms with van der Waals surface area (Å²) in [7, 11) is 0. The molecule has 1 unspecified atom stereocenters. The van der Waals surface area contributed by atoms with Crippen molar-refractivity contribution in [2.45, 2.75) is 26.4 Å². The highest BCUT2D eigenvalue weighted by Gasteiger charge is 2.23. The normalized spacial score (nSPS) is 17.3. The van der Waals surface area contributed by atoms with Crippen molar-refractivity contribution in [1.29, 1.82) is 0 Å². The van der Waals surface area contributed by atoms with Gasteiger partial charge < -0.3 is 14.7 Å². The third kappa shape index (κ3) is 4.06. The number of pyridine rings is 1. The predicted molar refractivity (Wildman–Crippen MR) is 109 cm³/mol. The number of para-hydroxylation sites is 1. The van der Waals surface area contributed by atoms with E-state index in [9.17, 15) is 5.11 Å². The van der Waals surface area contributed by atoms with E-state index in [0.29, 0.717) is 12.5 Å². The molecule has 1 fully saturated rings. The highest BCUT2D eigenvalue weighted by molar-refractivity contribution is 5.81. The molecule has 4 heteroatoms. The summed E-state index contributed by atoms with van der Waals surface area (Å²) in [6, 6.07) is 18.4. The summed E-state index contributed by atoms with van der Waals surface area (Å²) in [5.74, 6) is 2.30. The topological polar surface area (TPSA) is 45.6 Å². The summed E-state index contributed by atoms with van der Waals surface area (Å²) in [6.07, 6.45) is 2.27. The molecule has 1 aliphatic rings. The van der Waals surface area contributed by atoms with Crippen LogP contribution in [0.3, 0.4) is 0 Å². The van der Waals surface area contributed by atoms with Crippen LogP contribution in [0.4, 0.5) is 5.82 Å². The lowest BCUT2D eigenvalue weighted by Crippen LogP contribution is -2.38. The number of piperidine rings is 1. The van der Waals surface area contributed by atoms with Crippen LogP contribution in [-0.4, -0.2) is 29.8 Å². The van der Waals surface area contributed by atoms with Crippen LogP contribution < -0.4 is 9.64 Å². The minimum atomic E-state index is 0.00814. The van der Waals surface area contributed by atoms with Crippen LogP contribution in [0.25, 0.3) is 10.9 Å². The molecule has 0 spiro atoms. The minimum absolute atomic E-state index is 0.00814. The molecule has 0 aliphatic carbocycles. The van der Waals surface area contributed by atoms with Gasteiger partial charge in [0.1, 0.15) is 11.6 Å². The van der Waals surface area contributed by atoms with Gasteiger partial charge in [-0.25, -0.2) is 4.98 Å². The second-order valence-corrected chi connectivity index (χ2v) is 7.40. The molecule has 27 heavy (non-hydrogen) atoms. The van der Waals surface area contributed by atoms with Crippen molar-refractivity contribution in [3.63, 3.8) is 0 Å². The van der Waals surface area contributed by atoms with Gasteiger partial charge in [-0.15, -0.1) is 0 Å². The van der Waals surface area contributed by atoms with Crippen LogP contribution in [0.5, 0.6) is 5.75 Å². The number of aryl methyl sites for hydroxylation is 1. The quantitative estimate of drug-likeness (QED) is 0.734. The summed E-state index contributed by atoms with van der Waals surface area (Å²) >= 11 is 0. The largest absolute Gasteiger partial charge is 0.493 e. The third-order valence-corrected chi connectivity index (χ3v) is 5.28. The van der Waals surface area contributed by atoms with Crippen LogP contribution in [0, 0.1) is 12.8 Å². The van der Waals surface area contributed by atoms with Gasteiger partial charge in [-0.3, -0.25) is 0 Å². The molecular weight excluding hydrogens is 336 g/mol. The van der Waals surface area contributed by atoms with Crippen molar-refractivity contribution in [3.05, 3.63) is 65.7 Å². The first kappa shape index (κ1) is 17.8. The Balaban J connectivity index is 1.49. The predicted octanol–water partition coefficient (Wildman–Crippen LogP) is 4.33. The number of hydrogen-bond donors (Lipinski definition) is 1. The maximum Gasteiger partial charge on any atom is 0.134 e.